The Morgan fingerprint density at radius 2 is 0.796 bits per heavy atom. The van der Waals surface area contributed by atoms with Crippen molar-refractivity contribution in [3.8, 4) is 0 Å². The topological polar surface area (TPSA) is 608 Å². The summed E-state index contributed by atoms with van der Waals surface area (Å²) in [4.78, 5) is 81.6. The summed E-state index contributed by atoms with van der Waals surface area (Å²) in [5.41, 5.74) is 1.45. The molecule has 43 nitrogen and oxygen atoms in total. The number of ether oxygens (including phenoxy) is 8. The number of rotatable bonds is 28. The Kier molecular flexibility index (Phi) is 26.0. The zero-order valence-electron chi connectivity index (χ0n) is 54.9. The van der Waals surface area contributed by atoms with E-state index in [4.69, 9.17) is 72.7 Å². The number of fused-ring (bicyclic) bond motifs is 3. The first kappa shape index (κ1) is 79.6. The van der Waals surface area contributed by atoms with Crippen molar-refractivity contribution in [2.75, 3.05) is 69.0 Å². The van der Waals surface area contributed by atoms with Crippen LogP contribution in [0.2, 0.25) is 15.9 Å². The van der Waals surface area contributed by atoms with Gasteiger partial charge in [-0.3, -0.25) is 13.7 Å². The predicted octanol–water partition coefficient (Wildman–Crippen LogP) is 0.182. The second-order valence-electron chi connectivity index (χ2n) is 25.9. The van der Waals surface area contributed by atoms with Crippen molar-refractivity contribution < 1.29 is 120 Å². The highest BCUT2D eigenvalue weighted by Gasteiger charge is 2.50. The van der Waals surface area contributed by atoms with E-state index >= 15 is 0 Å². The van der Waals surface area contributed by atoms with Crippen molar-refractivity contribution in [3.63, 3.8) is 0 Å². The van der Waals surface area contributed by atoms with Gasteiger partial charge in [0.1, 0.15) is 54.9 Å². The molecule has 9 heterocycles. The van der Waals surface area contributed by atoms with Gasteiger partial charge in [0, 0.05) is 38.1 Å². The third kappa shape index (κ3) is 19.3. The summed E-state index contributed by atoms with van der Waals surface area (Å²) in [6, 6.07) is 0.652. The number of methoxy groups -OCH3 is 1. The second-order valence-corrected chi connectivity index (χ2v) is 34.5. The number of hydrogen-bond acceptors (Lipinski definition) is 34. The molecule has 3 saturated heterocycles. The molecule has 0 bridgehead atoms. The molecule has 13 rings (SSSR count). The largest absolute Gasteiger partial charge is 0.387 e. The maximum atomic E-state index is 11.8. The Labute approximate surface area is 599 Å². The SMILES string of the molecule is COCC(OC[C@H]1O[C@@H](n2nnc3c(NC4CCCC4)nc(Cl)nc32)[C@H](O)[C@@H]1O)P(=O)(O)O.CS(=O)(=O)C(OC[C@H]1O[C@@H](n2nnc3c(NC4CCCC4)nc(Cl)nc32)[C@H](O)[C@@H]1O)P(=O)(O)O.O=P(O)(O)C(COCC1CC1)OC[C@H]1O[C@@H](n2nnc3c(NC4CCCC4)nc(Cl)nc32)[C@H](O)[C@@H]1O. The van der Waals surface area contributed by atoms with Crippen LogP contribution in [0.5, 0.6) is 0 Å². The Morgan fingerprint density at radius 3 is 1.09 bits per heavy atom. The minimum atomic E-state index is -5.19. The van der Waals surface area contributed by atoms with Crippen LogP contribution in [0.3, 0.4) is 0 Å². The third-order valence-electron chi connectivity index (χ3n) is 18.0. The van der Waals surface area contributed by atoms with Crippen LogP contribution in [0.25, 0.3) is 33.5 Å². The van der Waals surface area contributed by atoms with Crippen LogP contribution >= 0.6 is 57.6 Å². The average molecular weight is 1600 g/mol. The van der Waals surface area contributed by atoms with Crippen molar-refractivity contribution in [2.24, 2.45) is 5.92 Å². The molecule has 6 aromatic heterocycles. The number of nitrogens with zero attached hydrogens (tertiary/aromatic N) is 15. The number of halogens is 3. The molecule has 103 heavy (non-hydrogen) atoms. The lowest BCUT2D eigenvalue weighted by molar-refractivity contribution is -0.0854. The first-order valence-electron chi connectivity index (χ1n) is 32.7. The van der Waals surface area contributed by atoms with E-state index in [-0.39, 0.29) is 69.6 Å². The molecule has 3 aliphatic heterocycles. The summed E-state index contributed by atoms with van der Waals surface area (Å²) >= 11 is 18.3. The number of aliphatic hydroxyl groups excluding tert-OH is 6. The Morgan fingerprint density at radius 1 is 0.476 bits per heavy atom. The lowest BCUT2D eigenvalue weighted by Crippen LogP contribution is -2.36. The van der Waals surface area contributed by atoms with E-state index in [1.165, 1.54) is 16.5 Å². The number of sulfone groups is 1. The second kappa shape index (κ2) is 33.6. The summed E-state index contributed by atoms with van der Waals surface area (Å²) < 4.78 is 104. The molecule has 6 aromatic rings. The van der Waals surface area contributed by atoms with Crippen molar-refractivity contribution in [3.05, 3.63) is 15.9 Å². The van der Waals surface area contributed by atoms with Gasteiger partial charge in [-0.05, 0) is 92.1 Å². The Bertz CT molecular complexity index is 4150. The van der Waals surface area contributed by atoms with Crippen molar-refractivity contribution in [1.29, 1.82) is 0 Å². The highest BCUT2D eigenvalue weighted by Crippen LogP contribution is 2.47. The van der Waals surface area contributed by atoms with Crippen LogP contribution in [-0.4, -0.2) is 286 Å². The molecule has 0 spiro atoms. The van der Waals surface area contributed by atoms with E-state index in [1.54, 1.807) is 0 Å². The molecule has 0 aromatic carbocycles. The normalized spacial score (nSPS) is 27.7. The molecule has 7 aliphatic rings. The predicted molar refractivity (Wildman–Crippen MR) is 355 cm³/mol. The Hall–Kier alpha value is -4.45. The van der Waals surface area contributed by atoms with Crippen LogP contribution in [0.15, 0.2) is 0 Å². The maximum absolute atomic E-state index is 11.8. The molecule has 15 atom stereocenters. The fourth-order valence-electron chi connectivity index (χ4n) is 12.5. The molecular weight excluding hydrogens is 1520 g/mol. The van der Waals surface area contributed by atoms with Gasteiger partial charge in [0.15, 0.2) is 91.2 Å². The quantitative estimate of drug-likeness (QED) is 0.0230. The van der Waals surface area contributed by atoms with E-state index in [2.05, 4.69) is 76.8 Å². The summed E-state index contributed by atoms with van der Waals surface area (Å²) in [6.07, 6.45) is -0.995. The molecule has 0 radical (unpaired) electrons. The van der Waals surface area contributed by atoms with Crippen molar-refractivity contribution >= 4 is 118 Å². The number of anilines is 3. The zero-order chi connectivity index (χ0) is 74.0. The van der Waals surface area contributed by atoms with Crippen LogP contribution in [-0.2, 0) is 61.4 Å². The maximum Gasteiger partial charge on any atom is 0.369 e. The average Bonchev–Trinajstić information content (AvgIpc) is 1.63. The fraction of sp³-hybridized carbons (Fsp3) is 0.774. The molecule has 4 saturated carbocycles. The number of nitrogens with one attached hydrogen (secondary N) is 3. The van der Waals surface area contributed by atoms with Gasteiger partial charge >= 0.3 is 22.8 Å². The molecule has 0 amide bonds. The summed E-state index contributed by atoms with van der Waals surface area (Å²) in [5.74, 6) is -1.45. The fourth-order valence-corrected chi connectivity index (χ4v) is 16.8. The highest BCUT2D eigenvalue weighted by molar-refractivity contribution is 7.97. The molecule has 50 heteroatoms. The van der Waals surface area contributed by atoms with Gasteiger partial charge in [-0.15, -0.1) is 15.3 Å². The minimum Gasteiger partial charge on any atom is -0.387 e. The van der Waals surface area contributed by atoms with E-state index in [0.717, 1.165) is 94.6 Å². The number of aliphatic hydroxyl groups is 6. The summed E-state index contributed by atoms with van der Waals surface area (Å²) in [5, 5.41) is 94.7. The third-order valence-corrected chi connectivity index (χ3v) is 24.2. The van der Waals surface area contributed by atoms with Gasteiger partial charge in [0.05, 0.1) is 33.0 Å². The van der Waals surface area contributed by atoms with Gasteiger partial charge in [0.2, 0.25) is 15.9 Å². The van der Waals surface area contributed by atoms with E-state index in [0.29, 0.717) is 47.3 Å². The highest BCUT2D eigenvalue weighted by atomic mass is 35.5. The van der Waals surface area contributed by atoms with Crippen LogP contribution in [0, 0.1) is 5.92 Å². The van der Waals surface area contributed by atoms with Crippen molar-refractivity contribution in [2.45, 2.75) is 199 Å². The van der Waals surface area contributed by atoms with E-state index in [9.17, 15) is 82.1 Å². The summed E-state index contributed by atoms with van der Waals surface area (Å²) in [7, 11) is -17.5. The van der Waals surface area contributed by atoms with Crippen LogP contribution < -0.4 is 16.0 Å². The molecule has 574 valence electrons. The lowest BCUT2D eigenvalue weighted by Gasteiger charge is -2.22. The minimum absolute atomic E-state index is 0.0462. The first-order valence-corrected chi connectivity index (χ1v) is 40.8. The smallest absolute Gasteiger partial charge is 0.369 e. The van der Waals surface area contributed by atoms with E-state index < -0.39 is 143 Å². The molecule has 7 fully saturated rings. The monoisotopic (exact) mass is 1600 g/mol. The zero-order valence-corrected chi connectivity index (χ0v) is 60.6. The number of hydrogen-bond donors (Lipinski definition) is 15. The molecule has 4 aliphatic carbocycles. The first-order chi connectivity index (χ1) is 48.7. The van der Waals surface area contributed by atoms with Gasteiger partial charge < -0.3 is 114 Å². The van der Waals surface area contributed by atoms with Crippen LogP contribution in [0.4, 0.5) is 17.5 Å². The van der Waals surface area contributed by atoms with Crippen LogP contribution in [0.1, 0.15) is 109 Å². The van der Waals surface area contributed by atoms with E-state index in [1.807, 2.05) is 0 Å². The van der Waals surface area contributed by atoms with Gasteiger partial charge in [0.25, 0.3) is 5.18 Å². The lowest BCUT2D eigenvalue weighted by atomic mass is 10.1. The van der Waals surface area contributed by atoms with Gasteiger partial charge in [-0.1, -0.05) is 54.2 Å². The van der Waals surface area contributed by atoms with Gasteiger partial charge in [-0.2, -0.15) is 43.9 Å². The molecule has 3 unspecified atom stereocenters. The number of aromatic nitrogens is 15. The standard InChI is InChI=1S/C20H30ClN6O8P.C17H26ClN6O8P.C16H24ClN6O9PS/c21-20-23-17(22-11-3-1-2-4-11)14-18(24-20)27(26-25-14)19-16(29)15(28)12(35-19)8-34-13(36(30,31)32)9-33-7-10-5-6-10;1-30-7-10(33(27,28)29)31-6-9-12(25)13(26)16(32-9)24-15-11(22-23-24)14(20-17(18)21-15)19-8-4-2-3-5-8;1-34(29,30)16(33(26,27)28)31-6-8-10(24)11(25)14(32-8)23-13-9(21-22-23)12(19-15(17)20-13)18-7-4-2-3-5-7/h10-13,15-16,19,28-29H,1-9H2,(H,22,23,24)(H2,30,31,32);8-10,12-13,16,25-26H,2-7H2,1H3,(H,19,20,21)(H2,27,28,29);7-8,10-11,14,16,24-25H,2-6H2,1H3,(H,18,19,20)(H2,26,27,28)/t12-,13?,15-,16-,19-;9-,10?,12-,13-,16-;8-,10-,11-,14-,16?/m111/s1. The molecule has 15 N–H and O–H groups in total. The summed E-state index contributed by atoms with van der Waals surface area (Å²) in [6.45, 7) is -1.80. The van der Waals surface area contributed by atoms with Gasteiger partial charge in [-0.25, -0.2) is 8.42 Å². The molecular formula is C53H80Cl3N18O25P3S. The Balaban J connectivity index is 0.000000155. The van der Waals surface area contributed by atoms with Crippen molar-refractivity contribution in [1.82, 2.24) is 74.9 Å².